The van der Waals surface area contributed by atoms with Gasteiger partial charge in [0.25, 0.3) is 5.91 Å². The van der Waals surface area contributed by atoms with Gasteiger partial charge in [0.2, 0.25) is 0 Å². The van der Waals surface area contributed by atoms with Gasteiger partial charge in [-0.2, -0.15) is 5.10 Å². The van der Waals surface area contributed by atoms with Crippen molar-refractivity contribution in [2.24, 2.45) is 11.8 Å². The lowest BCUT2D eigenvalue weighted by Gasteiger charge is -2.34. The van der Waals surface area contributed by atoms with E-state index in [0.717, 1.165) is 10.2 Å². The van der Waals surface area contributed by atoms with Crippen LogP contribution in [0.3, 0.4) is 0 Å². The van der Waals surface area contributed by atoms with E-state index in [9.17, 15) is 14.7 Å². The molecule has 1 amide bonds. The van der Waals surface area contributed by atoms with Gasteiger partial charge in [0, 0.05) is 23.8 Å². The number of halogens is 1. The number of likely N-dealkylation sites (tertiary alicyclic amines) is 1. The number of amides is 1. The second-order valence-electron chi connectivity index (χ2n) is 6.21. The third-order valence-corrected chi connectivity index (χ3v) is 4.67. The molecule has 1 aromatic carbocycles. The van der Waals surface area contributed by atoms with Crippen LogP contribution in [0.2, 0.25) is 0 Å². The van der Waals surface area contributed by atoms with E-state index in [1.165, 1.54) is 0 Å². The van der Waals surface area contributed by atoms with Crippen molar-refractivity contribution in [1.82, 2.24) is 14.7 Å². The smallest absolute Gasteiger partial charge is 0.308 e. The summed E-state index contributed by atoms with van der Waals surface area (Å²) in [5.74, 6) is -1.42. The first kappa shape index (κ1) is 16.7. The molecule has 6 nitrogen and oxygen atoms in total. The molecule has 1 aliphatic heterocycles. The highest BCUT2D eigenvalue weighted by Gasteiger charge is 2.32. The number of benzene rings is 1. The minimum absolute atomic E-state index is 0.163. The van der Waals surface area contributed by atoms with E-state index in [0.29, 0.717) is 18.7 Å². The quantitative estimate of drug-likeness (QED) is 0.872. The summed E-state index contributed by atoms with van der Waals surface area (Å²) in [7, 11) is 0. The van der Waals surface area contributed by atoms with Crippen molar-refractivity contribution in [2.45, 2.75) is 13.3 Å². The predicted molar refractivity (Wildman–Crippen MR) is 92.1 cm³/mol. The summed E-state index contributed by atoms with van der Waals surface area (Å²) in [6.45, 7) is 2.77. The Bertz CT molecular complexity index is 774. The van der Waals surface area contributed by atoms with Crippen molar-refractivity contribution in [3.63, 3.8) is 0 Å². The monoisotopic (exact) mass is 391 g/mol. The van der Waals surface area contributed by atoms with Gasteiger partial charge in [-0.3, -0.25) is 9.59 Å². The molecule has 7 heteroatoms. The zero-order chi connectivity index (χ0) is 17.3. The van der Waals surface area contributed by atoms with Gasteiger partial charge in [0.1, 0.15) is 0 Å². The minimum Gasteiger partial charge on any atom is -0.481 e. The first-order valence-electron chi connectivity index (χ1n) is 7.77. The van der Waals surface area contributed by atoms with Crippen LogP contribution in [0.25, 0.3) is 5.69 Å². The number of piperidine rings is 1. The molecule has 2 atom stereocenters. The van der Waals surface area contributed by atoms with Crippen LogP contribution in [0.15, 0.2) is 41.0 Å². The molecule has 1 saturated heterocycles. The second-order valence-corrected chi connectivity index (χ2v) is 7.13. The molecular weight excluding hydrogens is 374 g/mol. The molecule has 2 aromatic rings. The van der Waals surface area contributed by atoms with Crippen molar-refractivity contribution < 1.29 is 14.7 Å². The summed E-state index contributed by atoms with van der Waals surface area (Å²) in [6, 6.07) is 9.28. The molecule has 2 unspecified atom stereocenters. The maximum absolute atomic E-state index is 12.7. The fourth-order valence-electron chi connectivity index (χ4n) is 3.06. The lowest BCUT2D eigenvalue weighted by Crippen LogP contribution is -2.45. The molecular formula is C17H18BrN3O3. The van der Waals surface area contributed by atoms with E-state index in [1.54, 1.807) is 21.8 Å². The molecule has 0 aliphatic carbocycles. The zero-order valence-corrected chi connectivity index (χ0v) is 14.8. The second kappa shape index (κ2) is 6.76. The molecule has 1 fully saturated rings. The highest BCUT2D eigenvalue weighted by atomic mass is 79.9. The Balaban J connectivity index is 1.79. The van der Waals surface area contributed by atoms with Gasteiger partial charge >= 0.3 is 5.97 Å². The van der Waals surface area contributed by atoms with Crippen molar-refractivity contribution in [3.8, 4) is 5.69 Å². The normalized spacial score (nSPS) is 20.8. The first-order chi connectivity index (χ1) is 11.4. The van der Waals surface area contributed by atoms with E-state index >= 15 is 0 Å². The molecule has 1 N–H and O–H groups in total. The maximum atomic E-state index is 12.7. The minimum atomic E-state index is -0.848. The number of hydrogen-bond acceptors (Lipinski definition) is 3. The molecule has 1 aliphatic rings. The van der Waals surface area contributed by atoms with Gasteiger partial charge in [-0.05, 0) is 36.6 Å². The third kappa shape index (κ3) is 3.51. The van der Waals surface area contributed by atoms with Gasteiger partial charge < -0.3 is 10.0 Å². The van der Waals surface area contributed by atoms with Crippen molar-refractivity contribution in [3.05, 3.63) is 46.7 Å². The van der Waals surface area contributed by atoms with Crippen LogP contribution in [0, 0.1) is 11.8 Å². The van der Waals surface area contributed by atoms with Crippen LogP contribution in [-0.4, -0.2) is 44.8 Å². The van der Waals surface area contributed by atoms with Crippen molar-refractivity contribution in [2.75, 3.05) is 13.1 Å². The SMILES string of the molecule is CC1CC(C(=O)O)CN(C(=O)c2ccn(-c3cccc(Br)c3)n2)C1. The van der Waals surface area contributed by atoms with Gasteiger partial charge in [-0.15, -0.1) is 0 Å². The Morgan fingerprint density at radius 3 is 2.79 bits per heavy atom. The third-order valence-electron chi connectivity index (χ3n) is 4.18. The summed E-state index contributed by atoms with van der Waals surface area (Å²) in [5, 5.41) is 13.6. The van der Waals surface area contributed by atoms with Crippen LogP contribution in [0.1, 0.15) is 23.8 Å². The number of carboxylic acid groups (broad SMARTS) is 1. The van der Waals surface area contributed by atoms with E-state index in [-0.39, 0.29) is 18.4 Å². The molecule has 0 radical (unpaired) electrons. The molecule has 0 spiro atoms. The lowest BCUT2D eigenvalue weighted by molar-refractivity contribution is -0.143. The van der Waals surface area contributed by atoms with Crippen LogP contribution in [0.4, 0.5) is 0 Å². The van der Waals surface area contributed by atoms with Crippen LogP contribution >= 0.6 is 15.9 Å². The Hall–Kier alpha value is -2.15. The highest BCUT2D eigenvalue weighted by molar-refractivity contribution is 9.10. The van der Waals surface area contributed by atoms with Gasteiger partial charge in [0.05, 0.1) is 11.6 Å². The number of aromatic nitrogens is 2. The zero-order valence-electron chi connectivity index (χ0n) is 13.2. The molecule has 3 rings (SSSR count). The number of hydrogen-bond donors (Lipinski definition) is 1. The fraction of sp³-hybridized carbons (Fsp3) is 0.353. The van der Waals surface area contributed by atoms with Crippen molar-refractivity contribution in [1.29, 1.82) is 0 Å². The number of nitrogens with zero attached hydrogens (tertiary/aromatic N) is 3. The van der Waals surface area contributed by atoms with Gasteiger partial charge in [-0.1, -0.05) is 28.9 Å². The van der Waals surface area contributed by atoms with E-state index < -0.39 is 11.9 Å². The van der Waals surface area contributed by atoms with Crippen LogP contribution in [-0.2, 0) is 4.79 Å². The van der Waals surface area contributed by atoms with Gasteiger partial charge in [0.15, 0.2) is 5.69 Å². The summed E-state index contributed by atoms with van der Waals surface area (Å²) in [6.07, 6.45) is 2.34. The number of carboxylic acids is 1. The highest BCUT2D eigenvalue weighted by Crippen LogP contribution is 2.23. The number of carbonyl (C=O) groups excluding carboxylic acids is 1. The predicted octanol–water partition coefficient (Wildman–Crippen LogP) is 2.82. The Labute approximate surface area is 148 Å². The summed E-state index contributed by atoms with van der Waals surface area (Å²) >= 11 is 3.41. The largest absolute Gasteiger partial charge is 0.481 e. The van der Waals surface area contributed by atoms with Crippen LogP contribution in [0.5, 0.6) is 0 Å². The van der Waals surface area contributed by atoms with Gasteiger partial charge in [-0.25, -0.2) is 4.68 Å². The maximum Gasteiger partial charge on any atom is 0.308 e. The average molecular weight is 392 g/mol. The Kier molecular flexibility index (Phi) is 4.71. The summed E-state index contributed by atoms with van der Waals surface area (Å²) < 4.78 is 2.57. The Morgan fingerprint density at radius 2 is 2.08 bits per heavy atom. The molecule has 1 aromatic heterocycles. The van der Waals surface area contributed by atoms with Crippen LogP contribution < -0.4 is 0 Å². The molecule has 0 bridgehead atoms. The Morgan fingerprint density at radius 1 is 1.29 bits per heavy atom. The number of aliphatic carboxylic acids is 1. The molecule has 0 saturated carbocycles. The average Bonchev–Trinajstić information content (AvgIpc) is 3.03. The number of rotatable bonds is 3. The molecule has 2 heterocycles. The number of carbonyl (C=O) groups is 2. The van der Waals surface area contributed by atoms with Crippen molar-refractivity contribution >= 4 is 27.8 Å². The first-order valence-corrected chi connectivity index (χ1v) is 8.57. The van der Waals surface area contributed by atoms with E-state index in [4.69, 9.17) is 0 Å². The molecule has 126 valence electrons. The summed E-state index contributed by atoms with van der Waals surface area (Å²) in [5.41, 5.74) is 1.17. The van der Waals surface area contributed by atoms with E-state index in [1.807, 2.05) is 31.2 Å². The van der Waals surface area contributed by atoms with E-state index in [2.05, 4.69) is 21.0 Å². The molecule has 24 heavy (non-hydrogen) atoms. The standard InChI is InChI=1S/C17H18BrN3O3/c1-11-7-12(17(23)24)10-20(9-11)16(22)15-5-6-21(19-15)14-4-2-3-13(18)8-14/h2-6,8,11-12H,7,9-10H2,1H3,(H,23,24). The lowest BCUT2D eigenvalue weighted by atomic mass is 9.90. The summed E-state index contributed by atoms with van der Waals surface area (Å²) in [4.78, 5) is 25.5. The topological polar surface area (TPSA) is 75.4 Å². The fourth-order valence-corrected chi connectivity index (χ4v) is 3.45.